The zero-order valence-corrected chi connectivity index (χ0v) is 13.4. The van der Waals surface area contributed by atoms with Crippen LogP contribution in [-0.4, -0.2) is 46.6 Å². The summed E-state index contributed by atoms with van der Waals surface area (Å²) in [6.45, 7) is 0. The van der Waals surface area contributed by atoms with E-state index in [0.29, 0.717) is 25.7 Å². The van der Waals surface area contributed by atoms with Crippen LogP contribution in [0.1, 0.15) is 44.9 Å². The Labute approximate surface area is 139 Å². The van der Waals surface area contributed by atoms with Crippen molar-refractivity contribution in [2.75, 3.05) is 0 Å². The molecule has 24 heavy (non-hydrogen) atoms. The predicted molar refractivity (Wildman–Crippen MR) is 86.0 cm³/mol. The van der Waals surface area contributed by atoms with E-state index >= 15 is 0 Å². The summed E-state index contributed by atoms with van der Waals surface area (Å²) < 4.78 is 0. The second kappa shape index (κ2) is 11.1. The van der Waals surface area contributed by atoms with Crippen molar-refractivity contribution in [2.24, 2.45) is 17.2 Å². The fourth-order valence-electron chi connectivity index (χ4n) is 1.93. The van der Waals surface area contributed by atoms with Crippen LogP contribution in [-0.2, 0) is 19.2 Å². The Morgan fingerprint density at radius 3 is 2.17 bits per heavy atom. The minimum atomic E-state index is -1.31. The van der Waals surface area contributed by atoms with Crippen LogP contribution in [0.25, 0.3) is 0 Å². The number of carboxylic acids is 1. The molecule has 2 amide bonds. The summed E-state index contributed by atoms with van der Waals surface area (Å²) >= 11 is 0. The summed E-state index contributed by atoms with van der Waals surface area (Å²) in [5, 5.41) is 17.9. The summed E-state index contributed by atoms with van der Waals surface area (Å²) in [6, 6.07) is -2.03. The van der Waals surface area contributed by atoms with Crippen LogP contribution in [0.2, 0.25) is 0 Å². The zero-order chi connectivity index (χ0) is 18.7. The molecule has 0 saturated heterocycles. The molecule has 2 atom stereocenters. The van der Waals surface area contributed by atoms with Crippen molar-refractivity contribution in [2.45, 2.75) is 57.0 Å². The van der Waals surface area contributed by atoms with Crippen molar-refractivity contribution in [1.29, 1.82) is 5.41 Å². The van der Waals surface area contributed by atoms with E-state index < -0.39 is 36.3 Å². The monoisotopic (exact) mass is 343 g/mol. The average molecular weight is 343 g/mol. The number of nitrogens with one attached hydrogen (secondary N) is 2. The zero-order valence-electron chi connectivity index (χ0n) is 13.4. The summed E-state index contributed by atoms with van der Waals surface area (Å²) in [7, 11) is 0. The van der Waals surface area contributed by atoms with Crippen molar-refractivity contribution < 1.29 is 24.3 Å². The highest BCUT2D eigenvalue weighted by Crippen LogP contribution is 2.06. The molecule has 0 bridgehead atoms. The lowest BCUT2D eigenvalue weighted by Crippen LogP contribution is -2.45. The van der Waals surface area contributed by atoms with Crippen LogP contribution in [0.5, 0.6) is 0 Å². The molecule has 136 valence electrons. The third kappa shape index (κ3) is 10.3. The Kier molecular flexibility index (Phi) is 9.96. The van der Waals surface area contributed by atoms with Crippen LogP contribution >= 0.6 is 0 Å². The number of carboxylic acid groups (broad SMARTS) is 1. The molecule has 0 fully saturated rings. The molecule has 10 heteroatoms. The van der Waals surface area contributed by atoms with Gasteiger partial charge >= 0.3 is 5.97 Å². The highest BCUT2D eigenvalue weighted by Gasteiger charge is 2.22. The second-order valence-corrected chi connectivity index (χ2v) is 5.46. The number of nitrogens with two attached hydrogens (primary N) is 3. The molecule has 0 aromatic heterocycles. The van der Waals surface area contributed by atoms with Gasteiger partial charge in [-0.2, -0.15) is 0 Å². The maximum absolute atomic E-state index is 11.8. The molecule has 0 saturated carbocycles. The molecule has 10 nitrogen and oxygen atoms in total. The summed E-state index contributed by atoms with van der Waals surface area (Å²) in [4.78, 5) is 45.1. The lowest BCUT2D eigenvalue weighted by atomic mass is 10.0. The number of unbranched alkanes of at least 4 members (excludes halogenated alkanes) is 1. The van der Waals surface area contributed by atoms with Crippen LogP contribution in [0.15, 0.2) is 0 Å². The maximum Gasteiger partial charge on any atom is 0.305 e. The molecule has 0 aliphatic carbocycles. The molecule has 0 heterocycles. The molecular weight excluding hydrogens is 318 g/mol. The van der Waals surface area contributed by atoms with Gasteiger partial charge in [-0.3, -0.25) is 24.6 Å². The van der Waals surface area contributed by atoms with Gasteiger partial charge in [0, 0.05) is 19.3 Å². The van der Waals surface area contributed by atoms with Gasteiger partial charge in [0.25, 0.3) is 0 Å². The maximum atomic E-state index is 11.8. The quantitative estimate of drug-likeness (QED) is 0.134. The summed E-state index contributed by atoms with van der Waals surface area (Å²) in [5.41, 5.74) is 15.9. The first-order chi connectivity index (χ1) is 11.1. The number of carbonyl (C=O) groups excluding carboxylic acids is 3. The van der Waals surface area contributed by atoms with E-state index in [1.54, 1.807) is 0 Å². The van der Waals surface area contributed by atoms with E-state index in [4.69, 9.17) is 27.7 Å². The number of ketones is 1. The molecule has 0 rings (SSSR count). The van der Waals surface area contributed by atoms with Gasteiger partial charge in [-0.05, 0) is 12.8 Å². The van der Waals surface area contributed by atoms with E-state index in [1.165, 1.54) is 0 Å². The van der Waals surface area contributed by atoms with Gasteiger partial charge in [0.1, 0.15) is 11.8 Å². The number of primary amides is 1. The van der Waals surface area contributed by atoms with Crippen LogP contribution in [0.4, 0.5) is 0 Å². The number of Topliss-reactive ketones (excluding diaryl/α,β-unsaturated/α-hetero) is 1. The van der Waals surface area contributed by atoms with Gasteiger partial charge in [-0.15, -0.1) is 0 Å². The number of amides is 2. The van der Waals surface area contributed by atoms with Gasteiger partial charge in [-0.1, -0.05) is 6.42 Å². The Balaban J connectivity index is 4.14. The Morgan fingerprint density at radius 2 is 1.67 bits per heavy atom. The number of aliphatic carboxylic acids is 1. The highest BCUT2D eigenvalue weighted by atomic mass is 16.4. The topological polar surface area (TPSA) is 202 Å². The average Bonchev–Trinajstić information content (AvgIpc) is 2.47. The molecule has 0 spiro atoms. The normalized spacial score (nSPS) is 12.9. The minimum Gasteiger partial charge on any atom is -0.481 e. The van der Waals surface area contributed by atoms with Gasteiger partial charge in [0.15, 0.2) is 0 Å². The number of rotatable bonds is 13. The SMILES string of the molecule is N=C(N)CCCCC(N)C(=O)CCC(=O)N[C@@H](CC(=O)O)C(N)=O. The van der Waals surface area contributed by atoms with Gasteiger partial charge in [0.05, 0.1) is 18.3 Å². The fourth-order valence-corrected chi connectivity index (χ4v) is 1.93. The Morgan fingerprint density at radius 1 is 1.04 bits per heavy atom. The molecule has 0 radical (unpaired) electrons. The smallest absolute Gasteiger partial charge is 0.305 e. The van der Waals surface area contributed by atoms with E-state index in [1.807, 2.05) is 0 Å². The van der Waals surface area contributed by atoms with Crippen molar-refractivity contribution in [1.82, 2.24) is 5.32 Å². The number of hydrogen-bond donors (Lipinski definition) is 6. The van der Waals surface area contributed by atoms with Gasteiger partial charge in [-0.25, -0.2) is 0 Å². The van der Waals surface area contributed by atoms with Crippen molar-refractivity contribution in [3.05, 3.63) is 0 Å². The first kappa shape index (κ1) is 21.5. The fraction of sp³-hybridized carbons (Fsp3) is 0.643. The summed E-state index contributed by atoms with van der Waals surface area (Å²) in [5.74, 6) is -3.10. The van der Waals surface area contributed by atoms with Gasteiger partial charge in [0.2, 0.25) is 11.8 Å². The van der Waals surface area contributed by atoms with Crippen molar-refractivity contribution in [3.8, 4) is 0 Å². The lowest BCUT2D eigenvalue weighted by Gasteiger charge is -2.14. The second-order valence-electron chi connectivity index (χ2n) is 5.46. The largest absolute Gasteiger partial charge is 0.481 e. The van der Waals surface area contributed by atoms with E-state index in [-0.39, 0.29) is 24.5 Å². The third-order valence-corrected chi connectivity index (χ3v) is 3.28. The number of hydrogen-bond acceptors (Lipinski definition) is 6. The summed E-state index contributed by atoms with van der Waals surface area (Å²) in [6.07, 6.45) is 1.23. The van der Waals surface area contributed by atoms with Crippen LogP contribution < -0.4 is 22.5 Å². The van der Waals surface area contributed by atoms with E-state index in [0.717, 1.165) is 0 Å². The minimum absolute atomic E-state index is 0.0805. The number of amidine groups is 1. The standard InChI is InChI=1S/C14H25N5O5/c15-8(3-1-2-4-11(16)17)10(20)5-6-12(21)19-9(14(18)24)7-13(22)23/h8-9H,1-7,15H2,(H3,16,17)(H2,18,24)(H,19,21)(H,22,23)/t8?,9-/m0/s1. The van der Waals surface area contributed by atoms with Crippen LogP contribution in [0.3, 0.4) is 0 Å². The third-order valence-electron chi connectivity index (χ3n) is 3.28. The Bertz CT molecular complexity index is 494. The van der Waals surface area contributed by atoms with E-state index in [9.17, 15) is 19.2 Å². The molecule has 1 unspecified atom stereocenters. The molecule has 0 aromatic rings. The van der Waals surface area contributed by atoms with Crippen molar-refractivity contribution in [3.63, 3.8) is 0 Å². The highest BCUT2D eigenvalue weighted by molar-refractivity contribution is 5.92. The Hall–Kier alpha value is -2.49. The first-order valence-corrected chi connectivity index (χ1v) is 7.55. The molecular formula is C14H25N5O5. The van der Waals surface area contributed by atoms with Gasteiger partial charge < -0.3 is 27.6 Å². The first-order valence-electron chi connectivity index (χ1n) is 7.55. The lowest BCUT2D eigenvalue weighted by molar-refractivity contribution is -0.140. The molecule has 0 aliphatic heterocycles. The van der Waals surface area contributed by atoms with E-state index in [2.05, 4.69) is 5.32 Å². The number of carbonyl (C=O) groups is 4. The molecule has 0 aromatic carbocycles. The van der Waals surface area contributed by atoms with Crippen molar-refractivity contribution >= 4 is 29.4 Å². The predicted octanol–water partition coefficient (Wildman–Crippen LogP) is -1.40. The molecule has 9 N–H and O–H groups in total. The molecule has 0 aliphatic rings. The van der Waals surface area contributed by atoms with Crippen LogP contribution in [0, 0.1) is 5.41 Å².